The van der Waals surface area contributed by atoms with Crippen LogP contribution in [0.4, 0.5) is 13.2 Å². The standard InChI is InChI=1S/C13H13F3N2O3/c1-20-11(8-5-3-2-4-6-8)12-17-10(21-18-12)7-9(19)13(14,15)16/h2-6,9,11,19H,7H2,1H3. The van der Waals surface area contributed by atoms with Gasteiger partial charge in [0.05, 0.1) is 6.42 Å². The van der Waals surface area contributed by atoms with Crippen molar-refractivity contribution in [2.75, 3.05) is 7.11 Å². The van der Waals surface area contributed by atoms with E-state index >= 15 is 0 Å². The third kappa shape index (κ3) is 3.79. The van der Waals surface area contributed by atoms with Gasteiger partial charge in [-0.1, -0.05) is 35.5 Å². The van der Waals surface area contributed by atoms with Crippen LogP contribution >= 0.6 is 0 Å². The molecule has 0 aliphatic rings. The second kappa shape index (κ2) is 6.23. The summed E-state index contributed by atoms with van der Waals surface area (Å²) in [6.07, 6.45) is -8.70. The number of benzene rings is 1. The SMILES string of the molecule is COC(c1ccccc1)c1noc(CC(O)C(F)(F)F)n1. The van der Waals surface area contributed by atoms with Crippen molar-refractivity contribution in [1.29, 1.82) is 0 Å². The van der Waals surface area contributed by atoms with Gasteiger partial charge in [0.1, 0.15) is 6.10 Å². The molecule has 2 aromatic rings. The van der Waals surface area contributed by atoms with Gasteiger partial charge in [0.2, 0.25) is 11.7 Å². The van der Waals surface area contributed by atoms with Gasteiger partial charge < -0.3 is 14.4 Å². The van der Waals surface area contributed by atoms with E-state index in [0.29, 0.717) is 0 Å². The Morgan fingerprint density at radius 2 is 1.95 bits per heavy atom. The summed E-state index contributed by atoms with van der Waals surface area (Å²) in [5.74, 6) is -0.194. The molecule has 1 N–H and O–H groups in total. The largest absolute Gasteiger partial charge is 0.414 e. The molecule has 8 heteroatoms. The summed E-state index contributed by atoms with van der Waals surface area (Å²) in [4.78, 5) is 3.85. The maximum Gasteiger partial charge on any atom is 0.414 e. The van der Waals surface area contributed by atoms with Gasteiger partial charge >= 0.3 is 6.18 Å². The van der Waals surface area contributed by atoms with Gasteiger partial charge in [-0.25, -0.2) is 0 Å². The van der Waals surface area contributed by atoms with Gasteiger partial charge in [0, 0.05) is 7.11 Å². The second-order valence-corrected chi connectivity index (χ2v) is 4.33. The molecule has 2 rings (SSSR count). The highest BCUT2D eigenvalue weighted by molar-refractivity contribution is 5.22. The Kier molecular flexibility index (Phi) is 4.59. The first kappa shape index (κ1) is 15.5. The number of aromatic nitrogens is 2. The number of aliphatic hydroxyl groups is 1. The molecule has 2 atom stereocenters. The Morgan fingerprint density at radius 3 is 2.52 bits per heavy atom. The lowest BCUT2D eigenvalue weighted by Crippen LogP contribution is -2.30. The van der Waals surface area contributed by atoms with Crippen LogP contribution in [-0.4, -0.2) is 34.6 Å². The fraction of sp³-hybridized carbons (Fsp3) is 0.385. The monoisotopic (exact) mass is 302 g/mol. The summed E-state index contributed by atoms with van der Waals surface area (Å²) in [5, 5.41) is 12.6. The molecule has 5 nitrogen and oxygen atoms in total. The molecule has 1 aromatic heterocycles. The van der Waals surface area contributed by atoms with Crippen molar-refractivity contribution in [3.05, 3.63) is 47.6 Å². The molecule has 114 valence electrons. The highest BCUT2D eigenvalue weighted by Crippen LogP contribution is 2.25. The van der Waals surface area contributed by atoms with Crippen molar-refractivity contribution in [3.8, 4) is 0 Å². The molecule has 0 saturated carbocycles. The van der Waals surface area contributed by atoms with Crippen molar-refractivity contribution in [2.45, 2.75) is 24.8 Å². The van der Waals surface area contributed by atoms with Crippen LogP contribution in [0.2, 0.25) is 0 Å². The third-order valence-electron chi connectivity index (χ3n) is 2.80. The number of methoxy groups -OCH3 is 1. The molecule has 2 unspecified atom stereocenters. The lowest BCUT2D eigenvalue weighted by molar-refractivity contribution is -0.204. The predicted octanol–water partition coefficient (Wildman–Crippen LogP) is 2.27. The number of nitrogens with zero attached hydrogens (tertiary/aromatic N) is 2. The van der Waals surface area contributed by atoms with E-state index in [1.165, 1.54) is 7.11 Å². The fourth-order valence-corrected chi connectivity index (χ4v) is 1.76. The van der Waals surface area contributed by atoms with Crippen LogP contribution in [-0.2, 0) is 11.2 Å². The Hall–Kier alpha value is -1.93. The van der Waals surface area contributed by atoms with Crippen molar-refractivity contribution in [3.63, 3.8) is 0 Å². The zero-order valence-electron chi connectivity index (χ0n) is 11.0. The second-order valence-electron chi connectivity index (χ2n) is 4.33. The van der Waals surface area contributed by atoms with Crippen molar-refractivity contribution < 1.29 is 27.5 Å². The van der Waals surface area contributed by atoms with Gasteiger partial charge in [-0.05, 0) is 5.56 Å². The molecule has 0 aliphatic carbocycles. The van der Waals surface area contributed by atoms with E-state index in [0.717, 1.165) is 5.56 Å². The van der Waals surface area contributed by atoms with E-state index < -0.39 is 24.8 Å². The van der Waals surface area contributed by atoms with Crippen LogP contribution in [0.1, 0.15) is 23.4 Å². The minimum Gasteiger partial charge on any atom is -0.383 e. The van der Waals surface area contributed by atoms with Crippen LogP contribution in [0.3, 0.4) is 0 Å². The van der Waals surface area contributed by atoms with Crippen LogP contribution in [0.25, 0.3) is 0 Å². The van der Waals surface area contributed by atoms with E-state index in [4.69, 9.17) is 14.4 Å². The molecule has 0 aliphatic heterocycles. The van der Waals surface area contributed by atoms with Crippen molar-refractivity contribution in [1.82, 2.24) is 10.1 Å². The average Bonchev–Trinajstić information content (AvgIpc) is 2.88. The first-order valence-corrected chi connectivity index (χ1v) is 6.07. The summed E-state index contributed by atoms with van der Waals surface area (Å²) in [5.41, 5.74) is 0.740. The van der Waals surface area contributed by atoms with E-state index in [1.807, 2.05) is 6.07 Å². The zero-order valence-corrected chi connectivity index (χ0v) is 11.0. The molecule has 21 heavy (non-hydrogen) atoms. The number of halogens is 3. The number of ether oxygens (including phenoxy) is 1. The molecule has 0 radical (unpaired) electrons. The Morgan fingerprint density at radius 1 is 1.29 bits per heavy atom. The van der Waals surface area contributed by atoms with E-state index in [-0.39, 0.29) is 11.7 Å². The third-order valence-corrected chi connectivity index (χ3v) is 2.80. The lowest BCUT2D eigenvalue weighted by Gasteiger charge is -2.12. The Balaban J connectivity index is 2.15. The maximum absolute atomic E-state index is 12.3. The van der Waals surface area contributed by atoms with Crippen LogP contribution in [0, 0.1) is 0 Å². The van der Waals surface area contributed by atoms with Crippen LogP contribution in [0.15, 0.2) is 34.9 Å². The molecule has 1 aromatic carbocycles. The summed E-state index contributed by atoms with van der Waals surface area (Å²) in [7, 11) is 1.43. The summed E-state index contributed by atoms with van der Waals surface area (Å²) >= 11 is 0. The highest BCUT2D eigenvalue weighted by Gasteiger charge is 2.39. The molecule has 0 fully saturated rings. The predicted molar refractivity (Wildman–Crippen MR) is 65.4 cm³/mol. The van der Waals surface area contributed by atoms with Gasteiger partial charge in [-0.15, -0.1) is 0 Å². The van der Waals surface area contributed by atoms with E-state index in [1.54, 1.807) is 24.3 Å². The van der Waals surface area contributed by atoms with Crippen molar-refractivity contribution >= 4 is 0 Å². The van der Waals surface area contributed by atoms with Crippen LogP contribution < -0.4 is 0 Å². The molecule has 0 amide bonds. The topological polar surface area (TPSA) is 68.4 Å². The quantitative estimate of drug-likeness (QED) is 0.917. The maximum atomic E-state index is 12.3. The van der Waals surface area contributed by atoms with E-state index in [9.17, 15) is 13.2 Å². The lowest BCUT2D eigenvalue weighted by atomic mass is 10.1. The molecule has 0 spiro atoms. The Bertz CT molecular complexity index is 572. The number of hydrogen-bond acceptors (Lipinski definition) is 5. The van der Waals surface area contributed by atoms with Gasteiger partial charge in [0.15, 0.2) is 6.10 Å². The average molecular weight is 302 g/mol. The zero-order chi connectivity index (χ0) is 15.5. The fourth-order valence-electron chi connectivity index (χ4n) is 1.76. The first-order chi connectivity index (χ1) is 9.91. The summed E-state index contributed by atoms with van der Waals surface area (Å²) in [6, 6.07) is 8.94. The first-order valence-electron chi connectivity index (χ1n) is 6.07. The summed E-state index contributed by atoms with van der Waals surface area (Å²) < 4.78 is 46.8. The van der Waals surface area contributed by atoms with Gasteiger partial charge in [-0.3, -0.25) is 0 Å². The van der Waals surface area contributed by atoms with Crippen molar-refractivity contribution in [2.24, 2.45) is 0 Å². The number of alkyl halides is 3. The summed E-state index contributed by atoms with van der Waals surface area (Å²) in [6.45, 7) is 0. The minimum absolute atomic E-state index is 0.105. The normalized spacial score (nSPS) is 14.9. The van der Waals surface area contributed by atoms with Crippen LogP contribution in [0.5, 0.6) is 0 Å². The molecule has 0 bridgehead atoms. The minimum atomic E-state index is -4.73. The number of rotatable bonds is 5. The molecular weight excluding hydrogens is 289 g/mol. The van der Waals surface area contributed by atoms with Gasteiger partial charge in [-0.2, -0.15) is 18.2 Å². The molecule has 1 heterocycles. The Labute approximate surface area is 118 Å². The van der Waals surface area contributed by atoms with Gasteiger partial charge in [0.25, 0.3) is 0 Å². The molecule has 0 saturated heterocycles. The molecular formula is C13H13F3N2O3. The smallest absolute Gasteiger partial charge is 0.383 e. The highest BCUT2D eigenvalue weighted by atomic mass is 19.4. The number of aliphatic hydroxyl groups excluding tert-OH is 1. The number of hydrogen-bond donors (Lipinski definition) is 1. The van der Waals surface area contributed by atoms with E-state index in [2.05, 4.69) is 10.1 Å².